The first-order chi connectivity index (χ1) is 8.15. The van der Waals surface area contributed by atoms with Crippen molar-refractivity contribution in [3.8, 4) is 18.4 Å². The summed E-state index contributed by atoms with van der Waals surface area (Å²) < 4.78 is 27.1. The molecule has 0 aliphatic carbocycles. The van der Waals surface area contributed by atoms with Crippen molar-refractivity contribution in [1.82, 2.24) is 0 Å². The lowest BCUT2D eigenvalue weighted by molar-refractivity contribution is 0.504. The normalized spacial score (nSPS) is 9.47. The van der Waals surface area contributed by atoms with Crippen molar-refractivity contribution in [1.29, 1.82) is 5.26 Å². The quantitative estimate of drug-likeness (QED) is 0.749. The first kappa shape index (κ1) is 13.0. The fourth-order valence-electron chi connectivity index (χ4n) is 1.53. The summed E-state index contributed by atoms with van der Waals surface area (Å²) in [5.74, 6) is 0.255. The molecule has 0 aliphatic heterocycles. The van der Waals surface area contributed by atoms with Gasteiger partial charge < -0.3 is 4.90 Å². The summed E-state index contributed by atoms with van der Waals surface area (Å²) in [6, 6.07) is 4.23. The van der Waals surface area contributed by atoms with E-state index in [9.17, 15) is 8.78 Å². The van der Waals surface area contributed by atoms with E-state index in [1.807, 2.05) is 6.92 Å². The molecule has 0 atom stereocenters. The molecular weight excluding hydrogens is 222 g/mol. The molecule has 1 rings (SSSR count). The lowest BCUT2D eigenvalue weighted by Gasteiger charge is -2.22. The van der Waals surface area contributed by atoms with Gasteiger partial charge in [0.05, 0.1) is 17.8 Å². The fourth-order valence-corrected chi connectivity index (χ4v) is 1.53. The van der Waals surface area contributed by atoms with E-state index in [1.54, 1.807) is 11.0 Å². The summed E-state index contributed by atoms with van der Waals surface area (Å²) in [5, 5.41) is 8.58. The predicted molar refractivity (Wildman–Crippen MR) is 62.4 cm³/mol. The van der Waals surface area contributed by atoms with Gasteiger partial charge >= 0.3 is 0 Å². The Bertz CT molecular complexity index is 483. The van der Waals surface area contributed by atoms with Gasteiger partial charge in [-0.05, 0) is 18.6 Å². The Morgan fingerprint density at radius 1 is 1.35 bits per heavy atom. The Balaban J connectivity index is 3.18. The second-order valence-electron chi connectivity index (χ2n) is 3.50. The van der Waals surface area contributed by atoms with E-state index in [-0.39, 0.29) is 17.8 Å². The van der Waals surface area contributed by atoms with Crippen LogP contribution in [0.4, 0.5) is 14.5 Å². The first-order valence-corrected chi connectivity index (χ1v) is 5.22. The van der Waals surface area contributed by atoms with Crippen molar-refractivity contribution in [2.75, 3.05) is 18.0 Å². The highest BCUT2D eigenvalue weighted by Crippen LogP contribution is 2.23. The standard InChI is InChI=1S/C13H12F2N2/c1-3-7-17(8-4-2)11-6-5-10(9-16)12(14)13(11)15/h1,5-6H,4,7-8H2,2H3. The van der Waals surface area contributed by atoms with E-state index in [2.05, 4.69) is 5.92 Å². The van der Waals surface area contributed by atoms with Gasteiger partial charge in [0.15, 0.2) is 11.6 Å². The molecule has 1 aromatic carbocycles. The highest BCUT2D eigenvalue weighted by Gasteiger charge is 2.17. The number of hydrogen-bond donors (Lipinski definition) is 0. The lowest BCUT2D eigenvalue weighted by atomic mass is 10.1. The summed E-state index contributed by atoms with van der Waals surface area (Å²) in [6.07, 6.45) is 5.95. The number of halogens is 2. The Morgan fingerprint density at radius 3 is 2.59 bits per heavy atom. The molecule has 0 heterocycles. The second kappa shape index (κ2) is 5.86. The number of benzene rings is 1. The Hall–Kier alpha value is -2.07. The topological polar surface area (TPSA) is 27.0 Å². The fraction of sp³-hybridized carbons (Fsp3) is 0.308. The molecule has 0 amide bonds. The number of anilines is 1. The zero-order valence-electron chi connectivity index (χ0n) is 9.50. The van der Waals surface area contributed by atoms with Gasteiger partial charge in [-0.25, -0.2) is 8.78 Å². The number of terminal acetylenes is 1. The molecule has 2 nitrogen and oxygen atoms in total. The molecule has 0 radical (unpaired) electrons. The molecule has 88 valence electrons. The summed E-state index contributed by atoms with van der Waals surface area (Å²) in [4.78, 5) is 1.57. The lowest BCUT2D eigenvalue weighted by Crippen LogP contribution is -2.25. The Morgan fingerprint density at radius 2 is 2.06 bits per heavy atom. The zero-order valence-corrected chi connectivity index (χ0v) is 9.50. The average molecular weight is 234 g/mol. The van der Waals surface area contributed by atoms with Crippen molar-refractivity contribution in [3.63, 3.8) is 0 Å². The van der Waals surface area contributed by atoms with Gasteiger partial charge in [0.25, 0.3) is 0 Å². The van der Waals surface area contributed by atoms with Crippen LogP contribution in [0, 0.1) is 35.3 Å². The third-order valence-corrected chi connectivity index (χ3v) is 2.30. The maximum Gasteiger partial charge on any atom is 0.183 e. The van der Waals surface area contributed by atoms with E-state index < -0.39 is 11.6 Å². The molecule has 0 aliphatic rings. The Labute approximate surface area is 99.5 Å². The van der Waals surface area contributed by atoms with Crippen LogP contribution in [0.25, 0.3) is 0 Å². The third kappa shape index (κ3) is 2.73. The van der Waals surface area contributed by atoms with Crippen LogP contribution in [0.1, 0.15) is 18.9 Å². The molecule has 0 aromatic heterocycles. The van der Waals surface area contributed by atoms with Crippen LogP contribution in [0.5, 0.6) is 0 Å². The van der Waals surface area contributed by atoms with Crippen LogP contribution >= 0.6 is 0 Å². The zero-order chi connectivity index (χ0) is 12.8. The SMILES string of the molecule is C#CCN(CCC)c1ccc(C#N)c(F)c1F. The maximum absolute atomic E-state index is 13.7. The van der Waals surface area contributed by atoms with E-state index in [1.165, 1.54) is 12.1 Å². The van der Waals surface area contributed by atoms with Crippen LogP contribution in [-0.2, 0) is 0 Å². The average Bonchev–Trinajstić information content (AvgIpc) is 2.32. The summed E-state index contributed by atoms with van der Waals surface area (Å²) in [5.41, 5.74) is -0.204. The molecule has 0 fully saturated rings. The van der Waals surface area contributed by atoms with E-state index in [4.69, 9.17) is 11.7 Å². The maximum atomic E-state index is 13.7. The Kier molecular flexibility index (Phi) is 4.48. The smallest absolute Gasteiger partial charge is 0.183 e. The molecule has 0 saturated carbocycles. The second-order valence-corrected chi connectivity index (χ2v) is 3.50. The summed E-state index contributed by atoms with van der Waals surface area (Å²) >= 11 is 0. The van der Waals surface area contributed by atoms with Crippen LogP contribution in [0.3, 0.4) is 0 Å². The molecule has 0 spiro atoms. The van der Waals surface area contributed by atoms with Gasteiger partial charge in [-0.2, -0.15) is 5.26 Å². The van der Waals surface area contributed by atoms with Gasteiger partial charge in [-0.3, -0.25) is 0 Å². The van der Waals surface area contributed by atoms with Gasteiger partial charge in [-0.15, -0.1) is 6.42 Å². The third-order valence-electron chi connectivity index (χ3n) is 2.30. The van der Waals surface area contributed by atoms with Crippen LogP contribution < -0.4 is 4.90 Å². The van der Waals surface area contributed by atoms with E-state index in [0.29, 0.717) is 6.54 Å². The van der Waals surface area contributed by atoms with E-state index >= 15 is 0 Å². The number of nitrogens with zero attached hydrogens (tertiary/aromatic N) is 2. The summed E-state index contributed by atoms with van der Waals surface area (Å²) in [6.45, 7) is 2.66. The first-order valence-electron chi connectivity index (χ1n) is 5.22. The molecule has 17 heavy (non-hydrogen) atoms. The predicted octanol–water partition coefficient (Wildman–Crippen LogP) is 2.69. The highest BCUT2D eigenvalue weighted by molar-refractivity contribution is 5.52. The monoisotopic (exact) mass is 234 g/mol. The molecule has 0 bridgehead atoms. The molecule has 4 heteroatoms. The van der Waals surface area contributed by atoms with E-state index in [0.717, 1.165) is 6.42 Å². The highest BCUT2D eigenvalue weighted by atomic mass is 19.2. The van der Waals surface area contributed by atoms with Crippen LogP contribution in [0.2, 0.25) is 0 Å². The number of hydrogen-bond acceptors (Lipinski definition) is 2. The van der Waals surface area contributed by atoms with Gasteiger partial charge in [-0.1, -0.05) is 12.8 Å². The van der Waals surface area contributed by atoms with Crippen LogP contribution in [-0.4, -0.2) is 13.1 Å². The largest absolute Gasteiger partial charge is 0.358 e. The molecular formula is C13H12F2N2. The van der Waals surface area contributed by atoms with Gasteiger partial charge in [0, 0.05) is 6.54 Å². The van der Waals surface area contributed by atoms with Gasteiger partial charge in [0.1, 0.15) is 6.07 Å². The van der Waals surface area contributed by atoms with Crippen molar-refractivity contribution in [3.05, 3.63) is 29.3 Å². The van der Waals surface area contributed by atoms with Crippen molar-refractivity contribution in [2.24, 2.45) is 0 Å². The molecule has 0 saturated heterocycles. The van der Waals surface area contributed by atoms with Crippen molar-refractivity contribution in [2.45, 2.75) is 13.3 Å². The molecule has 0 unspecified atom stereocenters. The summed E-state index contributed by atoms with van der Waals surface area (Å²) in [7, 11) is 0. The number of nitriles is 1. The van der Waals surface area contributed by atoms with Gasteiger partial charge in [0.2, 0.25) is 0 Å². The number of rotatable bonds is 4. The minimum atomic E-state index is -1.12. The molecule has 0 N–H and O–H groups in total. The minimum Gasteiger partial charge on any atom is -0.358 e. The molecule has 1 aromatic rings. The van der Waals surface area contributed by atoms with Crippen LogP contribution in [0.15, 0.2) is 12.1 Å². The van der Waals surface area contributed by atoms with Crippen molar-refractivity contribution >= 4 is 5.69 Å². The minimum absolute atomic E-state index is 0.0984. The van der Waals surface area contributed by atoms with Crippen molar-refractivity contribution < 1.29 is 8.78 Å².